The van der Waals surface area contributed by atoms with Crippen LogP contribution in [0, 0.1) is 0 Å². The summed E-state index contributed by atoms with van der Waals surface area (Å²) in [6.45, 7) is 2.49. The van der Waals surface area contributed by atoms with Crippen molar-refractivity contribution in [3.63, 3.8) is 0 Å². The quantitative estimate of drug-likeness (QED) is 0.606. The molecule has 0 atom stereocenters. The summed E-state index contributed by atoms with van der Waals surface area (Å²) in [4.78, 5) is 26.7. The fourth-order valence-electron chi connectivity index (χ4n) is 3.57. The molecule has 1 aliphatic heterocycles. The molecule has 0 spiro atoms. The third kappa shape index (κ3) is 2.92. The molecule has 1 aromatic carbocycles. The zero-order chi connectivity index (χ0) is 18.2. The first kappa shape index (κ1) is 15.9. The van der Waals surface area contributed by atoms with E-state index < -0.39 is 0 Å². The minimum Gasteiger partial charge on any atom is -0.309 e. The van der Waals surface area contributed by atoms with Crippen LogP contribution >= 0.6 is 0 Å². The summed E-state index contributed by atoms with van der Waals surface area (Å²) in [7, 11) is 0. The number of nitrogens with zero attached hydrogens (tertiary/aromatic N) is 5. The second kappa shape index (κ2) is 6.44. The standard InChI is InChI=1S/C20H18N6O/c27-20-22-16-9-11-25(12-14-6-2-1-3-7-14)13-15(16)19-23-18(24-26(19)20)17-8-4-5-10-21-17/h1-8,10H,9,11-13H2,(H,22,27). The highest BCUT2D eigenvalue weighted by atomic mass is 16.1. The van der Waals surface area contributed by atoms with Gasteiger partial charge in [0.15, 0.2) is 5.65 Å². The van der Waals surface area contributed by atoms with Crippen molar-refractivity contribution in [3.8, 4) is 11.5 Å². The van der Waals surface area contributed by atoms with Crippen LogP contribution in [0.25, 0.3) is 17.2 Å². The molecule has 0 aliphatic carbocycles. The maximum Gasteiger partial charge on any atom is 0.348 e. The molecule has 4 aromatic rings. The van der Waals surface area contributed by atoms with Gasteiger partial charge in [-0.15, -0.1) is 5.10 Å². The number of H-pyrrole nitrogens is 1. The molecule has 1 aliphatic rings. The second-order valence-electron chi connectivity index (χ2n) is 6.72. The van der Waals surface area contributed by atoms with Gasteiger partial charge < -0.3 is 4.98 Å². The van der Waals surface area contributed by atoms with E-state index >= 15 is 0 Å². The first-order valence-electron chi connectivity index (χ1n) is 8.96. The number of pyridine rings is 1. The molecule has 7 nitrogen and oxygen atoms in total. The van der Waals surface area contributed by atoms with E-state index in [0.717, 1.165) is 37.3 Å². The maximum atomic E-state index is 12.4. The van der Waals surface area contributed by atoms with Crippen molar-refractivity contribution in [2.75, 3.05) is 6.54 Å². The van der Waals surface area contributed by atoms with Gasteiger partial charge in [0.1, 0.15) is 5.69 Å². The van der Waals surface area contributed by atoms with Crippen molar-refractivity contribution >= 4 is 5.65 Å². The molecular weight excluding hydrogens is 340 g/mol. The van der Waals surface area contributed by atoms with Gasteiger partial charge in [-0.2, -0.15) is 4.52 Å². The lowest BCUT2D eigenvalue weighted by Gasteiger charge is -2.28. The fourth-order valence-corrected chi connectivity index (χ4v) is 3.57. The Balaban J connectivity index is 1.55. The molecule has 0 fully saturated rings. The summed E-state index contributed by atoms with van der Waals surface area (Å²) >= 11 is 0. The molecular formula is C20H18N6O. The first-order chi connectivity index (χ1) is 13.3. The molecule has 27 heavy (non-hydrogen) atoms. The molecule has 5 rings (SSSR count). The predicted molar refractivity (Wildman–Crippen MR) is 101 cm³/mol. The molecule has 134 valence electrons. The number of nitrogens with one attached hydrogen (secondary N) is 1. The first-order valence-corrected chi connectivity index (χ1v) is 8.96. The SMILES string of the molecule is O=c1[nH]c2c(c3nc(-c4ccccn4)nn13)CN(Cc1ccccc1)CC2. The third-order valence-electron chi connectivity index (χ3n) is 4.89. The molecule has 3 aromatic heterocycles. The van der Waals surface area contributed by atoms with E-state index in [-0.39, 0.29) is 5.69 Å². The lowest BCUT2D eigenvalue weighted by molar-refractivity contribution is 0.243. The van der Waals surface area contributed by atoms with Gasteiger partial charge in [-0.05, 0) is 17.7 Å². The van der Waals surface area contributed by atoms with Gasteiger partial charge in [0, 0.05) is 43.5 Å². The Morgan fingerprint density at radius 1 is 1.07 bits per heavy atom. The van der Waals surface area contributed by atoms with E-state index in [4.69, 9.17) is 0 Å². The molecule has 7 heteroatoms. The highest BCUT2D eigenvalue weighted by molar-refractivity contribution is 5.57. The topological polar surface area (TPSA) is 79.2 Å². The van der Waals surface area contributed by atoms with Gasteiger partial charge in [-0.1, -0.05) is 36.4 Å². The van der Waals surface area contributed by atoms with Crippen LogP contribution in [0.15, 0.2) is 59.5 Å². The second-order valence-corrected chi connectivity index (χ2v) is 6.72. The molecule has 0 unspecified atom stereocenters. The molecule has 0 saturated heterocycles. The van der Waals surface area contributed by atoms with Crippen molar-refractivity contribution < 1.29 is 0 Å². The number of hydrogen-bond donors (Lipinski definition) is 1. The van der Waals surface area contributed by atoms with Gasteiger partial charge in [-0.3, -0.25) is 9.88 Å². The summed E-state index contributed by atoms with van der Waals surface area (Å²) in [5.74, 6) is 0.467. The Morgan fingerprint density at radius 2 is 1.93 bits per heavy atom. The predicted octanol–water partition coefficient (Wildman–Crippen LogP) is 2.04. The van der Waals surface area contributed by atoms with E-state index in [1.54, 1.807) is 6.20 Å². The van der Waals surface area contributed by atoms with Crippen LogP contribution in [0.5, 0.6) is 0 Å². The molecule has 0 radical (unpaired) electrons. The molecule has 0 amide bonds. The summed E-state index contributed by atoms with van der Waals surface area (Å²) in [6.07, 6.45) is 2.49. The van der Waals surface area contributed by atoms with Gasteiger partial charge in [-0.25, -0.2) is 9.78 Å². The normalized spacial score (nSPS) is 14.4. The molecule has 1 N–H and O–H groups in total. The monoisotopic (exact) mass is 358 g/mol. The maximum absolute atomic E-state index is 12.4. The summed E-state index contributed by atoms with van der Waals surface area (Å²) in [6, 6.07) is 16.0. The van der Waals surface area contributed by atoms with Crippen LogP contribution in [0.3, 0.4) is 0 Å². The van der Waals surface area contributed by atoms with Gasteiger partial charge in [0.25, 0.3) is 0 Å². The van der Waals surface area contributed by atoms with E-state index in [1.807, 2.05) is 24.3 Å². The minimum absolute atomic E-state index is 0.255. The van der Waals surface area contributed by atoms with Crippen LogP contribution < -0.4 is 5.69 Å². The highest BCUT2D eigenvalue weighted by Crippen LogP contribution is 2.23. The van der Waals surface area contributed by atoms with Crippen molar-refractivity contribution in [1.29, 1.82) is 0 Å². The van der Waals surface area contributed by atoms with Crippen LogP contribution in [-0.4, -0.2) is 36.0 Å². The zero-order valence-corrected chi connectivity index (χ0v) is 14.7. The summed E-state index contributed by atoms with van der Waals surface area (Å²) in [5, 5.41) is 4.38. The fraction of sp³-hybridized carbons (Fsp3) is 0.200. The highest BCUT2D eigenvalue weighted by Gasteiger charge is 2.23. The van der Waals surface area contributed by atoms with Crippen LogP contribution in [0.2, 0.25) is 0 Å². The number of fused-ring (bicyclic) bond motifs is 3. The van der Waals surface area contributed by atoms with Crippen LogP contribution in [-0.2, 0) is 19.5 Å². The number of hydrogen-bond acceptors (Lipinski definition) is 5. The third-order valence-corrected chi connectivity index (χ3v) is 4.89. The molecule has 0 saturated carbocycles. The minimum atomic E-state index is -0.255. The van der Waals surface area contributed by atoms with E-state index in [9.17, 15) is 4.79 Å². The van der Waals surface area contributed by atoms with E-state index in [1.165, 1.54) is 10.1 Å². The lowest BCUT2D eigenvalue weighted by atomic mass is 10.1. The molecule has 0 bridgehead atoms. The van der Waals surface area contributed by atoms with Crippen molar-refractivity contribution in [2.45, 2.75) is 19.5 Å². The molecule has 4 heterocycles. The Labute approximate surface area is 155 Å². The zero-order valence-electron chi connectivity index (χ0n) is 14.7. The average Bonchev–Trinajstić information content (AvgIpc) is 3.17. The smallest absolute Gasteiger partial charge is 0.309 e. The van der Waals surface area contributed by atoms with Crippen LogP contribution in [0.4, 0.5) is 0 Å². The lowest BCUT2D eigenvalue weighted by Crippen LogP contribution is -2.34. The Hall–Kier alpha value is -3.32. The number of aromatic nitrogens is 5. The number of rotatable bonds is 3. The summed E-state index contributed by atoms with van der Waals surface area (Å²) < 4.78 is 1.36. The van der Waals surface area contributed by atoms with Crippen molar-refractivity contribution in [1.82, 2.24) is 29.5 Å². The Morgan fingerprint density at radius 3 is 2.74 bits per heavy atom. The van der Waals surface area contributed by atoms with Gasteiger partial charge in [0.2, 0.25) is 5.82 Å². The largest absolute Gasteiger partial charge is 0.348 e. The van der Waals surface area contributed by atoms with Crippen molar-refractivity contribution in [3.05, 3.63) is 82.0 Å². The Kier molecular flexibility index (Phi) is 3.79. The van der Waals surface area contributed by atoms with Gasteiger partial charge >= 0.3 is 5.69 Å². The van der Waals surface area contributed by atoms with Crippen LogP contribution in [0.1, 0.15) is 16.8 Å². The van der Waals surface area contributed by atoms with Crippen molar-refractivity contribution in [2.24, 2.45) is 0 Å². The number of benzene rings is 1. The van der Waals surface area contributed by atoms with E-state index in [0.29, 0.717) is 17.2 Å². The summed E-state index contributed by atoms with van der Waals surface area (Å²) in [5.41, 5.74) is 4.29. The van der Waals surface area contributed by atoms with E-state index in [2.05, 4.69) is 49.2 Å². The number of aromatic amines is 1. The van der Waals surface area contributed by atoms with Gasteiger partial charge in [0.05, 0.1) is 0 Å². The average molecular weight is 358 g/mol. The Bertz CT molecular complexity index is 1150.